The summed E-state index contributed by atoms with van der Waals surface area (Å²) in [7, 11) is 4.13. The molecule has 17 nitrogen and oxygen atoms in total. The Bertz CT molecular complexity index is 2500. The number of nitrogens with one attached hydrogen (secondary N) is 1. The van der Waals surface area contributed by atoms with Crippen LogP contribution in [0, 0.1) is 5.82 Å². The predicted octanol–water partition coefficient (Wildman–Crippen LogP) is 9.20. The minimum Gasteiger partial charge on any atom is -0.482 e. The Morgan fingerprint density at radius 2 is 1.27 bits per heavy atom. The molecule has 0 unspecified atom stereocenters. The third-order valence-corrected chi connectivity index (χ3v) is 12.3. The Morgan fingerprint density at radius 3 is 1.80 bits per heavy atom. The number of hydrogen-bond acceptors (Lipinski definition) is 13. The Hall–Kier alpha value is -6.08. The summed E-state index contributed by atoms with van der Waals surface area (Å²) in [6.45, 7) is 21.0. The van der Waals surface area contributed by atoms with Crippen LogP contribution in [0.4, 0.5) is 31.2 Å². The largest absolute Gasteiger partial charge is 0.482 e. The third kappa shape index (κ3) is 14.3. The molecule has 5 amide bonds. The SMILES string of the molecule is C[C@@H](Oc1cc(C(=O)Nc2ccc(C(=O)N3CCN(C)[C@@H](C)C3)cc2)nnc1N(C(=O)OC(C)(C)C)C(=O)OC(C)(C)C)c1c(Cl)ccc(F)c1Cl.C[C@@H]1CN(C(=O)c2ccc(N)cc2)C[C@H](C)N1C. The topological polar surface area (TPSA) is 193 Å². The summed E-state index contributed by atoms with van der Waals surface area (Å²) >= 11 is 12.6. The van der Waals surface area contributed by atoms with Crippen LogP contribution < -0.4 is 20.7 Å². The van der Waals surface area contributed by atoms with Crippen molar-refractivity contribution in [3.05, 3.63) is 105 Å². The maximum absolute atomic E-state index is 14.5. The van der Waals surface area contributed by atoms with Gasteiger partial charge in [0, 0.05) is 90.0 Å². The quantitative estimate of drug-likeness (QED) is 0.126. The van der Waals surface area contributed by atoms with Gasteiger partial charge in [-0.3, -0.25) is 19.3 Å². The van der Waals surface area contributed by atoms with Crippen LogP contribution in [0.3, 0.4) is 0 Å². The Labute approximate surface area is 419 Å². The number of rotatable bonds is 8. The van der Waals surface area contributed by atoms with Crippen molar-refractivity contribution in [1.82, 2.24) is 29.8 Å². The number of amides is 5. The second-order valence-corrected chi connectivity index (χ2v) is 20.3. The number of aromatic nitrogens is 2. The Kier molecular flexibility index (Phi) is 17.8. The van der Waals surface area contributed by atoms with Crippen molar-refractivity contribution in [3.63, 3.8) is 0 Å². The lowest BCUT2D eigenvalue weighted by atomic mass is 10.1. The molecule has 4 atom stereocenters. The number of carbonyl (C=O) groups excluding carboxylic acids is 5. The summed E-state index contributed by atoms with van der Waals surface area (Å²) in [4.78, 5) is 74.7. The first-order valence-corrected chi connectivity index (χ1v) is 23.6. The van der Waals surface area contributed by atoms with Gasteiger partial charge in [-0.1, -0.05) is 23.2 Å². The van der Waals surface area contributed by atoms with E-state index < -0.39 is 47.0 Å². The van der Waals surface area contributed by atoms with Gasteiger partial charge >= 0.3 is 12.2 Å². The van der Waals surface area contributed by atoms with Gasteiger partial charge in [-0.05, 0) is 144 Å². The summed E-state index contributed by atoms with van der Waals surface area (Å²) in [6, 6.07) is 18.1. The maximum Gasteiger partial charge on any atom is 0.425 e. The van der Waals surface area contributed by atoms with Gasteiger partial charge in [0.05, 0.1) is 5.02 Å². The number of piperazine rings is 2. The van der Waals surface area contributed by atoms with Crippen LogP contribution >= 0.6 is 23.2 Å². The maximum atomic E-state index is 14.5. The molecule has 3 heterocycles. The molecule has 1 aromatic heterocycles. The summed E-state index contributed by atoms with van der Waals surface area (Å²) in [6.07, 6.45) is -3.46. The minimum absolute atomic E-state index is 0.0545. The monoisotopic (exact) mass is 1010 g/mol. The van der Waals surface area contributed by atoms with Crippen molar-refractivity contribution in [2.75, 3.05) is 62.8 Å². The molecule has 70 heavy (non-hydrogen) atoms. The number of carbonyl (C=O) groups is 5. The van der Waals surface area contributed by atoms with Crippen LogP contribution in [0.25, 0.3) is 0 Å². The number of likely N-dealkylation sites (N-methyl/N-ethyl adjacent to an activating group) is 2. The number of nitrogens with two attached hydrogens (primary N) is 1. The van der Waals surface area contributed by atoms with Gasteiger partial charge in [-0.2, -0.15) is 4.90 Å². The minimum atomic E-state index is -1.17. The van der Waals surface area contributed by atoms with Gasteiger partial charge in [0.15, 0.2) is 11.4 Å². The molecular weight excluding hydrogens is 945 g/mol. The van der Waals surface area contributed by atoms with Crippen LogP contribution in [-0.2, 0) is 9.47 Å². The molecule has 3 N–H and O–H groups in total. The molecule has 20 heteroatoms. The molecule has 2 aliphatic rings. The predicted molar refractivity (Wildman–Crippen MR) is 268 cm³/mol. The van der Waals surface area contributed by atoms with E-state index in [1.807, 2.05) is 11.9 Å². The van der Waals surface area contributed by atoms with E-state index in [1.165, 1.54) is 13.0 Å². The number of ether oxygens (including phenoxy) is 3. The zero-order valence-corrected chi connectivity index (χ0v) is 43.3. The number of halogens is 3. The summed E-state index contributed by atoms with van der Waals surface area (Å²) in [5.41, 5.74) is 5.51. The summed E-state index contributed by atoms with van der Waals surface area (Å²) in [5.74, 6) is -2.33. The van der Waals surface area contributed by atoms with Gasteiger partial charge in [0.25, 0.3) is 17.7 Å². The zero-order chi connectivity index (χ0) is 52.0. The fourth-order valence-corrected chi connectivity index (χ4v) is 8.11. The van der Waals surface area contributed by atoms with E-state index in [2.05, 4.69) is 53.1 Å². The van der Waals surface area contributed by atoms with Crippen molar-refractivity contribution < 1.29 is 42.6 Å². The molecule has 0 spiro atoms. The van der Waals surface area contributed by atoms with Crippen molar-refractivity contribution in [1.29, 1.82) is 0 Å². The first-order chi connectivity index (χ1) is 32.6. The van der Waals surface area contributed by atoms with E-state index in [9.17, 15) is 28.4 Å². The smallest absolute Gasteiger partial charge is 0.425 e. The Balaban J connectivity index is 0.000000422. The highest BCUT2D eigenvalue weighted by molar-refractivity contribution is 6.36. The zero-order valence-electron chi connectivity index (χ0n) is 41.8. The van der Waals surface area contributed by atoms with Crippen molar-refractivity contribution in [2.45, 2.75) is 105 Å². The number of anilines is 3. The van der Waals surface area contributed by atoms with Gasteiger partial charge in [-0.15, -0.1) is 10.2 Å². The van der Waals surface area contributed by atoms with E-state index >= 15 is 0 Å². The molecule has 4 aromatic rings. The van der Waals surface area contributed by atoms with E-state index in [0.29, 0.717) is 52.6 Å². The number of nitrogen functional groups attached to an aromatic ring is 1. The lowest BCUT2D eigenvalue weighted by molar-refractivity contribution is 0.0410. The highest BCUT2D eigenvalue weighted by atomic mass is 35.5. The molecule has 0 radical (unpaired) electrons. The number of imide groups is 1. The van der Waals surface area contributed by atoms with Gasteiger partial charge in [-0.25, -0.2) is 14.0 Å². The molecule has 2 saturated heterocycles. The van der Waals surface area contributed by atoms with E-state index in [-0.39, 0.29) is 44.9 Å². The van der Waals surface area contributed by atoms with Crippen LogP contribution in [0.2, 0.25) is 10.0 Å². The second-order valence-electron chi connectivity index (χ2n) is 19.5. The lowest BCUT2D eigenvalue weighted by Gasteiger charge is -2.42. The third-order valence-electron chi connectivity index (χ3n) is 11.6. The molecular formula is C50H64Cl2FN9O8. The average molecular weight is 1010 g/mol. The highest BCUT2D eigenvalue weighted by Gasteiger charge is 2.38. The highest BCUT2D eigenvalue weighted by Crippen LogP contribution is 2.38. The van der Waals surface area contributed by atoms with E-state index in [1.54, 1.807) is 95.0 Å². The molecule has 2 fully saturated rings. The van der Waals surface area contributed by atoms with Crippen LogP contribution in [0.5, 0.6) is 5.75 Å². The van der Waals surface area contributed by atoms with Crippen LogP contribution in [-0.4, -0.2) is 136 Å². The van der Waals surface area contributed by atoms with E-state index in [4.69, 9.17) is 43.1 Å². The van der Waals surface area contributed by atoms with Gasteiger partial charge < -0.3 is 40.0 Å². The number of hydrogen-bond donors (Lipinski definition) is 2. The van der Waals surface area contributed by atoms with Crippen LogP contribution in [0.1, 0.15) is 112 Å². The molecule has 0 aliphatic carbocycles. The number of nitrogens with zero attached hydrogens (tertiary/aromatic N) is 7. The first kappa shape index (κ1) is 54.9. The molecule has 0 saturated carbocycles. The molecule has 6 rings (SSSR count). The summed E-state index contributed by atoms with van der Waals surface area (Å²) < 4.78 is 31.6. The van der Waals surface area contributed by atoms with E-state index in [0.717, 1.165) is 31.8 Å². The van der Waals surface area contributed by atoms with Gasteiger partial charge in [0.1, 0.15) is 23.1 Å². The number of benzene rings is 3. The molecule has 0 bridgehead atoms. The lowest BCUT2D eigenvalue weighted by Crippen LogP contribution is -2.56. The van der Waals surface area contributed by atoms with Crippen molar-refractivity contribution >= 4 is 70.3 Å². The standard InChI is InChI=1S/C36H43Cl2FN6O7.C14H21N3O/c1-20-19-44(17-16-43(20)9)32(47)22-10-12-23(13-11-22)40-31(46)26-18-27(50-21(2)28-24(37)14-15-25(39)29(28)38)30(42-41-26)45(33(48)51-35(3,4)5)34(49)52-36(6,7)8;1-10-8-17(9-11(2)16(10)3)14(18)12-4-6-13(15)7-5-12/h10-15,18,20-21H,16-17,19H2,1-9H3,(H,40,46);4-7,10-11H,8-9,15H2,1-3H3/t20-,21+;10-,11+/m0./s1. The molecule has 2 aliphatic heterocycles. The normalized spacial score (nSPS) is 18.2. The fourth-order valence-electron chi connectivity index (χ4n) is 7.43. The van der Waals surface area contributed by atoms with Crippen molar-refractivity contribution in [2.24, 2.45) is 0 Å². The van der Waals surface area contributed by atoms with Gasteiger partial charge in [0.2, 0.25) is 5.82 Å². The first-order valence-electron chi connectivity index (χ1n) is 22.9. The summed E-state index contributed by atoms with van der Waals surface area (Å²) in [5, 5.41) is 10.5. The molecule has 378 valence electrons. The van der Waals surface area contributed by atoms with Crippen molar-refractivity contribution in [3.8, 4) is 5.75 Å². The van der Waals surface area contributed by atoms with Crippen LogP contribution in [0.15, 0.2) is 66.7 Å². The second kappa shape index (κ2) is 22.8. The average Bonchev–Trinajstić information content (AvgIpc) is 3.27. The fraction of sp³-hybridized carbons (Fsp3) is 0.460. The Morgan fingerprint density at radius 1 is 0.757 bits per heavy atom. The molecule has 3 aromatic carbocycles.